The standard InChI is InChI=1S/C39H45NO3S2/c1-7-9-13-26(8-2)21-39(27-14-11-10-12-15-27)29-19-24(5)44-35(29)36-30(39)20-31(45-36)34-33-32(25(6)43-34)37(41)40(38(33)42)28-17-16-22(3)23(4)18-28/h16-20,26-27H,7-15,21H2,1-6H3. The lowest BCUT2D eigenvalue weighted by atomic mass is 9.60. The summed E-state index contributed by atoms with van der Waals surface area (Å²) in [5, 5.41) is 0. The van der Waals surface area contributed by atoms with Crippen molar-refractivity contribution in [1.29, 1.82) is 0 Å². The lowest BCUT2D eigenvalue weighted by Gasteiger charge is -2.43. The van der Waals surface area contributed by atoms with Crippen molar-refractivity contribution in [2.24, 2.45) is 11.8 Å². The third kappa shape index (κ3) is 4.73. The molecule has 2 atom stereocenters. The molecule has 3 aliphatic rings. The van der Waals surface area contributed by atoms with Gasteiger partial charge in [-0.15, -0.1) is 22.7 Å². The van der Waals surface area contributed by atoms with E-state index < -0.39 is 0 Å². The summed E-state index contributed by atoms with van der Waals surface area (Å²) in [5.41, 5.74) is 6.67. The number of imide groups is 1. The molecule has 3 aromatic heterocycles. The minimum Gasteiger partial charge on any atom is -0.459 e. The van der Waals surface area contributed by atoms with Gasteiger partial charge < -0.3 is 4.42 Å². The predicted octanol–water partition coefficient (Wildman–Crippen LogP) is 11.6. The fourth-order valence-electron chi connectivity index (χ4n) is 8.58. The van der Waals surface area contributed by atoms with Crippen molar-refractivity contribution < 1.29 is 14.0 Å². The molecule has 4 nitrogen and oxygen atoms in total. The molecule has 45 heavy (non-hydrogen) atoms. The van der Waals surface area contributed by atoms with Crippen molar-refractivity contribution in [3.05, 3.63) is 74.3 Å². The van der Waals surface area contributed by atoms with Gasteiger partial charge in [-0.3, -0.25) is 9.59 Å². The maximum atomic E-state index is 14.1. The number of unbranched alkanes of at least 4 members (excludes halogenated alkanes) is 1. The lowest BCUT2D eigenvalue weighted by Crippen LogP contribution is -2.38. The van der Waals surface area contributed by atoms with Crippen molar-refractivity contribution in [2.45, 2.75) is 111 Å². The summed E-state index contributed by atoms with van der Waals surface area (Å²) in [6.45, 7) is 12.8. The van der Waals surface area contributed by atoms with Gasteiger partial charge in [0.1, 0.15) is 11.3 Å². The minimum atomic E-state index is -0.288. The van der Waals surface area contributed by atoms with Crippen molar-refractivity contribution >= 4 is 40.2 Å². The first kappa shape index (κ1) is 30.7. The zero-order valence-corrected chi connectivity index (χ0v) is 29.2. The van der Waals surface area contributed by atoms with Crippen molar-refractivity contribution in [3.63, 3.8) is 0 Å². The Hall–Kier alpha value is -2.96. The topological polar surface area (TPSA) is 50.5 Å². The smallest absolute Gasteiger partial charge is 0.270 e. The summed E-state index contributed by atoms with van der Waals surface area (Å²) in [5.74, 6) is 1.81. The van der Waals surface area contributed by atoms with Gasteiger partial charge in [0, 0.05) is 20.0 Å². The first-order chi connectivity index (χ1) is 21.7. The Morgan fingerprint density at radius 3 is 2.31 bits per heavy atom. The molecule has 1 aromatic carbocycles. The van der Waals surface area contributed by atoms with Crippen LogP contribution in [0.3, 0.4) is 0 Å². The minimum absolute atomic E-state index is 0.00485. The van der Waals surface area contributed by atoms with E-state index >= 15 is 0 Å². The summed E-state index contributed by atoms with van der Waals surface area (Å²) in [7, 11) is 0. The van der Waals surface area contributed by atoms with Gasteiger partial charge >= 0.3 is 0 Å². The van der Waals surface area contributed by atoms with E-state index in [-0.39, 0.29) is 17.2 Å². The molecule has 6 heteroatoms. The molecule has 1 aliphatic heterocycles. The second kappa shape index (κ2) is 11.7. The number of aryl methyl sites for hydroxylation is 4. The largest absolute Gasteiger partial charge is 0.459 e. The third-order valence-electron chi connectivity index (χ3n) is 11.1. The first-order valence-electron chi connectivity index (χ1n) is 17.0. The second-order valence-corrected chi connectivity index (χ2v) is 16.1. The van der Waals surface area contributed by atoms with Gasteiger partial charge in [-0.1, -0.05) is 64.9 Å². The van der Waals surface area contributed by atoms with Crippen LogP contribution in [-0.4, -0.2) is 11.8 Å². The van der Waals surface area contributed by atoms with Crippen molar-refractivity contribution in [3.8, 4) is 20.4 Å². The van der Waals surface area contributed by atoms with E-state index in [0.29, 0.717) is 40.2 Å². The molecule has 0 radical (unpaired) electrons. The van der Waals surface area contributed by atoms with Gasteiger partial charge in [-0.25, -0.2) is 4.90 Å². The van der Waals surface area contributed by atoms with E-state index in [1.54, 1.807) is 16.9 Å². The van der Waals surface area contributed by atoms with Crippen molar-refractivity contribution in [2.75, 3.05) is 4.90 Å². The van der Waals surface area contributed by atoms with Gasteiger partial charge in [0.25, 0.3) is 11.8 Å². The molecule has 1 fully saturated rings. The fraction of sp³-hybridized carbons (Fsp3) is 0.487. The highest BCUT2D eigenvalue weighted by atomic mass is 32.1. The summed E-state index contributed by atoms with van der Waals surface area (Å²) >= 11 is 3.70. The van der Waals surface area contributed by atoms with Gasteiger partial charge in [-0.2, -0.15) is 0 Å². The van der Waals surface area contributed by atoms with Crippen LogP contribution >= 0.6 is 22.7 Å². The molecule has 4 heterocycles. The third-order valence-corrected chi connectivity index (χ3v) is 13.5. The Morgan fingerprint density at radius 2 is 1.60 bits per heavy atom. The van der Waals surface area contributed by atoms with Crippen LogP contribution in [0.25, 0.3) is 20.4 Å². The lowest BCUT2D eigenvalue weighted by molar-refractivity contribution is 0.0923. The summed E-state index contributed by atoms with van der Waals surface area (Å²) < 4.78 is 6.39. The molecule has 1 saturated carbocycles. The molecular weight excluding hydrogens is 595 g/mol. The number of carbonyl (C=O) groups is 2. The number of amides is 2. The Kier molecular flexibility index (Phi) is 7.97. The Balaban J connectivity index is 1.37. The molecule has 2 amide bonds. The predicted molar refractivity (Wildman–Crippen MR) is 187 cm³/mol. The number of hydrogen-bond acceptors (Lipinski definition) is 5. The van der Waals surface area contributed by atoms with Crippen LogP contribution in [0, 0.1) is 39.5 Å². The highest BCUT2D eigenvalue weighted by molar-refractivity contribution is 7.24. The average molecular weight is 640 g/mol. The molecule has 2 unspecified atom stereocenters. The van der Waals surface area contributed by atoms with E-state index in [1.165, 1.54) is 89.3 Å². The molecule has 0 bridgehead atoms. The van der Waals surface area contributed by atoms with E-state index in [2.05, 4.69) is 32.9 Å². The Morgan fingerprint density at radius 1 is 0.889 bits per heavy atom. The number of carbonyl (C=O) groups excluding carboxylic acids is 2. The summed E-state index contributed by atoms with van der Waals surface area (Å²) in [6.07, 6.45) is 12.7. The molecule has 0 N–H and O–H groups in total. The van der Waals surface area contributed by atoms with E-state index in [4.69, 9.17) is 4.42 Å². The SMILES string of the molecule is CCCCC(CC)CC1(C2CCCCC2)c2cc(C)sc2-c2sc(-c3oc(C)c4c3C(=O)N(c3ccc(C)c(C)c3)C4=O)cc21. The van der Waals surface area contributed by atoms with E-state index in [0.717, 1.165) is 16.0 Å². The quantitative estimate of drug-likeness (QED) is 0.171. The number of fused-ring (bicyclic) bond motifs is 4. The number of rotatable bonds is 9. The normalized spacial score (nSPS) is 20.2. The number of anilines is 1. The van der Waals surface area contributed by atoms with Crippen LogP contribution in [0.4, 0.5) is 5.69 Å². The molecule has 7 rings (SSSR count). The van der Waals surface area contributed by atoms with Crippen LogP contribution in [-0.2, 0) is 5.41 Å². The molecule has 0 saturated heterocycles. The van der Waals surface area contributed by atoms with E-state index in [9.17, 15) is 9.59 Å². The number of benzene rings is 1. The van der Waals surface area contributed by atoms with E-state index in [1.807, 2.05) is 50.3 Å². The zero-order chi connectivity index (χ0) is 31.6. The zero-order valence-electron chi connectivity index (χ0n) is 27.6. The molecule has 0 spiro atoms. The van der Waals surface area contributed by atoms with Gasteiger partial charge in [0.15, 0.2) is 5.76 Å². The van der Waals surface area contributed by atoms with Crippen molar-refractivity contribution in [1.82, 2.24) is 0 Å². The fourth-order valence-corrected chi connectivity index (χ4v) is 11.1. The molecular formula is C39H45NO3S2. The number of thiophene rings is 2. The van der Waals surface area contributed by atoms with Crippen LogP contribution in [0.2, 0.25) is 0 Å². The van der Waals surface area contributed by atoms with Crippen LogP contribution in [0.1, 0.15) is 132 Å². The second-order valence-electron chi connectivity index (χ2n) is 13.8. The average Bonchev–Trinajstić information content (AvgIpc) is 3.81. The number of nitrogens with zero attached hydrogens (tertiary/aromatic N) is 1. The van der Waals surface area contributed by atoms with Gasteiger partial charge in [0.05, 0.1) is 16.1 Å². The highest BCUT2D eigenvalue weighted by Crippen LogP contribution is 2.64. The summed E-state index contributed by atoms with van der Waals surface area (Å²) in [6, 6.07) is 10.7. The maximum Gasteiger partial charge on any atom is 0.270 e. The van der Waals surface area contributed by atoms with Gasteiger partial charge in [-0.05, 0) is 105 Å². The molecule has 2 aliphatic carbocycles. The Labute approximate surface area is 275 Å². The maximum absolute atomic E-state index is 14.1. The summed E-state index contributed by atoms with van der Waals surface area (Å²) in [4.78, 5) is 34.4. The number of furan rings is 1. The van der Waals surface area contributed by atoms with Gasteiger partial charge in [0.2, 0.25) is 0 Å². The monoisotopic (exact) mass is 639 g/mol. The Bertz CT molecular complexity index is 1800. The van der Waals surface area contributed by atoms with Crippen LogP contribution < -0.4 is 4.90 Å². The van der Waals surface area contributed by atoms with Crippen LogP contribution in [0.5, 0.6) is 0 Å². The molecule has 4 aromatic rings. The first-order valence-corrected chi connectivity index (χ1v) is 18.7. The highest BCUT2D eigenvalue weighted by Gasteiger charge is 2.52. The van der Waals surface area contributed by atoms with Crippen LogP contribution in [0.15, 0.2) is 34.7 Å². The number of hydrogen-bond donors (Lipinski definition) is 0. The molecule has 236 valence electrons.